The summed E-state index contributed by atoms with van der Waals surface area (Å²) in [7, 11) is 1.88. The Kier molecular flexibility index (Phi) is 3.26. The lowest BCUT2D eigenvalue weighted by molar-refractivity contribution is -0.119. The summed E-state index contributed by atoms with van der Waals surface area (Å²) >= 11 is 0. The van der Waals surface area contributed by atoms with E-state index in [9.17, 15) is 4.79 Å². The lowest BCUT2D eigenvalue weighted by Crippen LogP contribution is -2.39. The topological polar surface area (TPSA) is 32.3 Å². The molecule has 0 saturated heterocycles. The fourth-order valence-electron chi connectivity index (χ4n) is 3.87. The van der Waals surface area contributed by atoms with Crippen LogP contribution in [0.15, 0.2) is 24.3 Å². The van der Waals surface area contributed by atoms with Crippen molar-refractivity contribution < 1.29 is 4.79 Å². The molecular formula is C18H24N2O. The second kappa shape index (κ2) is 5.13. The molecule has 1 aromatic carbocycles. The van der Waals surface area contributed by atoms with E-state index >= 15 is 0 Å². The third-order valence-electron chi connectivity index (χ3n) is 5.48. The lowest BCUT2D eigenvalue weighted by atomic mass is 9.93. The number of para-hydroxylation sites is 1. The highest BCUT2D eigenvalue weighted by Gasteiger charge is 2.41. The maximum absolute atomic E-state index is 12.2. The van der Waals surface area contributed by atoms with Crippen LogP contribution in [0.4, 0.5) is 5.69 Å². The van der Waals surface area contributed by atoms with Crippen LogP contribution in [0.5, 0.6) is 0 Å². The van der Waals surface area contributed by atoms with Crippen molar-refractivity contribution in [3.8, 4) is 0 Å². The van der Waals surface area contributed by atoms with Gasteiger partial charge >= 0.3 is 0 Å². The van der Waals surface area contributed by atoms with Crippen LogP contribution < -0.4 is 10.2 Å². The molecule has 2 saturated carbocycles. The Balaban J connectivity index is 1.49. The summed E-state index contributed by atoms with van der Waals surface area (Å²) in [6, 6.07) is 8.52. The molecular weight excluding hydrogens is 260 g/mol. The van der Waals surface area contributed by atoms with Crippen molar-refractivity contribution in [3.63, 3.8) is 0 Å². The fraction of sp³-hybridized carbons (Fsp3) is 0.611. The van der Waals surface area contributed by atoms with Gasteiger partial charge in [0.2, 0.25) is 5.91 Å². The molecule has 0 aromatic heterocycles. The Hall–Kier alpha value is -1.35. The molecule has 0 bridgehead atoms. The van der Waals surface area contributed by atoms with Crippen LogP contribution in [-0.2, 0) is 4.79 Å². The van der Waals surface area contributed by atoms with Gasteiger partial charge in [0, 0.05) is 25.2 Å². The van der Waals surface area contributed by atoms with E-state index in [-0.39, 0.29) is 11.9 Å². The van der Waals surface area contributed by atoms with E-state index in [1.807, 2.05) is 13.1 Å². The standard InChI is InChI=1S/C18H24N2O/c1-20-17-5-3-2-4-14(17)16(10-18(20)21)19-11-15(12-6-7-12)13-8-9-13/h2-5,12-13,15-16,19H,6-11H2,1H3. The number of benzene rings is 1. The van der Waals surface area contributed by atoms with E-state index in [0.29, 0.717) is 6.42 Å². The van der Waals surface area contributed by atoms with Crippen molar-refractivity contribution in [1.29, 1.82) is 0 Å². The number of hydrogen-bond acceptors (Lipinski definition) is 2. The monoisotopic (exact) mass is 284 g/mol. The Labute approximate surface area is 126 Å². The number of nitrogens with zero attached hydrogens (tertiary/aromatic N) is 1. The highest BCUT2D eigenvalue weighted by molar-refractivity contribution is 5.96. The maximum Gasteiger partial charge on any atom is 0.228 e. The largest absolute Gasteiger partial charge is 0.315 e. The van der Waals surface area contributed by atoms with Crippen molar-refractivity contribution in [2.24, 2.45) is 17.8 Å². The molecule has 3 heteroatoms. The second-order valence-electron chi connectivity index (χ2n) is 7.02. The van der Waals surface area contributed by atoms with Crippen molar-refractivity contribution in [2.75, 3.05) is 18.5 Å². The van der Waals surface area contributed by atoms with Gasteiger partial charge in [-0.2, -0.15) is 0 Å². The van der Waals surface area contributed by atoms with Crippen molar-refractivity contribution in [2.45, 2.75) is 38.1 Å². The molecule has 1 aromatic rings. The molecule has 2 fully saturated rings. The summed E-state index contributed by atoms with van der Waals surface area (Å²) in [5.74, 6) is 3.00. The van der Waals surface area contributed by atoms with Crippen molar-refractivity contribution in [3.05, 3.63) is 29.8 Å². The zero-order chi connectivity index (χ0) is 14.4. The normalized spacial score (nSPS) is 25.3. The van der Waals surface area contributed by atoms with E-state index in [0.717, 1.165) is 30.0 Å². The Morgan fingerprint density at radius 2 is 1.86 bits per heavy atom. The first-order chi connectivity index (χ1) is 10.2. The van der Waals surface area contributed by atoms with E-state index in [4.69, 9.17) is 0 Å². The van der Waals surface area contributed by atoms with Crippen LogP contribution in [-0.4, -0.2) is 19.5 Å². The summed E-state index contributed by atoms with van der Waals surface area (Å²) in [5, 5.41) is 3.72. The average Bonchev–Trinajstić information content (AvgIpc) is 3.37. The van der Waals surface area contributed by atoms with Gasteiger partial charge in [0.25, 0.3) is 0 Å². The number of rotatable bonds is 5. The minimum absolute atomic E-state index is 0.199. The van der Waals surface area contributed by atoms with Gasteiger partial charge in [0.1, 0.15) is 0 Å². The van der Waals surface area contributed by atoms with Crippen LogP contribution in [0.2, 0.25) is 0 Å². The summed E-state index contributed by atoms with van der Waals surface area (Å²) in [6.45, 7) is 1.09. The van der Waals surface area contributed by atoms with Crippen LogP contribution in [0.25, 0.3) is 0 Å². The molecule has 21 heavy (non-hydrogen) atoms. The van der Waals surface area contributed by atoms with Crippen LogP contribution in [0, 0.1) is 17.8 Å². The molecule has 3 aliphatic rings. The van der Waals surface area contributed by atoms with E-state index in [1.54, 1.807) is 4.90 Å². The SMILES string of the molecule is CN1C(=O)CC(NCC(C2CC2)C2CC2)c2ccccc21. The highest BCUT2D eigenvalue weighted by atomic mass is 16.2. The number of fused-ring (bicyclic) bond motifs is 1. The van der Waals surface area contributed by atoms with E-state index < -0.39 is 0 Å². The zero-order valence-corrected chi connectivity index (χ0v) is 12.7. The summed E-state index contributed by atoms with van der Waals surface area (Å²) in [6.07, 6.45) is 6.28. The molecule has 1 N–H and O–H groups in total. The number of carbonyl (C=O) groups is 1. The molecule has 1 amide bonds. The van der Waals surface area contributed by atoms with Gasteiger partial charge in [-0.05, 0) is 61.6 Å². The van der Waals surface area contributed by atoms with Crippen molar-refractivity contribution in [1.82, 2.24) is 5.32 Å². The Bertz CT molecular complexity index is 536. The molecule has 2 aliphatic carbocycles. The van der Waals surface area contributed by atoms with Gasteiger partial charge in [-0.1, -0.05) is 18.2 Å². The quantitative estimate of drug-likeness (QED) is 0.901. The highest BCUT2D eigenvalue weighted by Crippen LogP contribution is 2.49. The van der Waals surface area contributed by atoms with Crippen molar-refractivity contribution >= 4 is 11.6 Å². The number of amides is 1. The number of hydrogen-bond donors (Lipinski definition) is 1. The first kappa shape index (κ1) is 13.3. The molecule has 1 aliphatic heterocycles. The molecule has 4 rings (SSSR count). The third kappa shape index (κ3) is 2.59. The molecule has 0 radical (unpaired) electrons. The van der Waals surface area contributed by atoms with E-state index in [1.165, 1.54) is 31.2 Å². The number of carbonyl (C=O) groups excluding carboxylic acids is 1. The summed E-state index contributed by atoms with van der Waals surface area (Å²) in [4.78, 5) is 14.0. The van der Waals surface area contributed by atoms with Gasteiger partial charge < -0.3 is 10.2 Å². The minimum Gasteiger partial charge on any atom is -0.315 e. The number of anilines is 1. The van der Waals surface area contributed by atoms with Gasteiger partial charge in [-0.25, -0.2) is 0 Å². The molecule has 112 valence electrons. The van der Waals surface area contributed by atoms with Gasteiger partial charge in [0.05, 0.1) is 0 Å². The van der Waals surface area contributed by atoms with Gasteiger partial charge in [-0.15, -0.1) is 0 Å². The second-order valence-corrected chi connectivity index (χ2v) is 7.02. The van der Waals surface area contributed by atoms with Gasteiger partial charge in [-0.3, -0.25) is 4.79 Å². The van der Waals surface area contributed by atoms with Crippen LogP contribution in [0.3, 0.4) is 0 Å². The molecule has 0 spiro atoms. The van der Waals surface area contributed by atoms with Gasteiger partial charge in [0.15, 0.2) is 0 Å². The van der Waals surface area contributed by atoms with E-state index in [2.05, 4.69) is 23.5 Å². The Morgan fingerprint density at radius 3 is 2.52 bits per heavy atom. The summed E-state index contributed by atoms with van der Waals surface area (Å²) < 4.78 is 0. The molecule has 3 nitrogen and oxygen atoms in total. The zero-order valence-electron chi connectivity index (χ0n) is 12.7. The first-order valence-corrected chi connectivity index (χ1v) is 8.33. The maximum atomic E-state index is 12.2. The third-order valence-corrected chi connectivity index (χ3v) is 5.48. The minimum atomic E-state index is 0.199. The molecule has 1 heterocycles. The Morgan fingerprint density at radius 1 is 1.19 bits per heavy atom. The summed E-state index contributed by atoms with van der Waals surface area (Å²) in [5.41, 5.74) is 2.35. The average molecular weight is 284 g/mol. The fourth-order valence-corrected chi connectivity index (χ4v) is 3.87. The van der Waals surface area contributed by atoms with Crippen LogP contribution in [0.1, 0.15) is 43.7 Å². The van der Waals surface area contributed by atoms with Crippen LogP contribution >= 0.6 is 0 Å². The smallest absolute Gasteiger partial charge is 0.228 e. The lowest BCUT2D eigenvalue weighted by Gasteiger charge is -2.33. The molecule has 1 atom stereocenters. The first-order valence-electron chi connectivity index (χ1n) is 8.33. The predicted octanol–water partition coefficient (Wildman–Crippen LogP) is 3.12. The molecule has 1 unspecified atom stereocenters. The predicted molar refractivity (Wildman–Crippen MR) is 84.2 cm³/mol. The number of nitrogens with one attached hydrogen (secondary N) is 1.